The zero-order valence-electron chi connectivity index (χ0n) is 18.3. The van der Waals surface area contributed by atoms with Crippen molar-refractivity contribution in [3.05, 3.63) is 88.4 Å². The summed E-state index contributed by atoms with van der Waals surface area (Å²) in [6, 6.07) is 17.5. The van der Waals surface area contributed by atoms with Crippen LogP contribution in [0.5, 0.6) is 0 Å². The lowest BCUT2D eigenvalue weighted by Crippen LogP contribution is -2.38. The molecule has 9 heteroatoms. The van der Waals surface area contributed by atoms with Gasteiger partial charge < -0.3 is 10.1 Å². The van der Waals surface area contributed by atoms with Crippen molar-refractivity contribution in [2.24, 2.45) is 0 Å². The fourth-order valence-electron chi connectivity index (χ4n) is 3.32. The Hall–Kier alpha value is -3.36. The summed E-state index contributed by atoms with van der Waals surface area (Å²) < 4.78 is 32.6. The van der Waals surface area contributed by atoms with Crippen LogP contribution in [0.4, 0.5) is 11.4 Å². The number of esters is 1. The van der Waals surface area contributed by atoms with Gasteiger partial charge in [-0.2, -0.15) is 0 Å². The molecule has 0 bridgehead atoms. The second-order valence-electron chi connectivity index (χ2n) is 7.41. The number of carbonyl (C=O) groups is 2. The zero-order chi connectivity index (χ0) is 24.2. The van der Waals surface area contributed by atoms with Crippen LogP contribution < -0.4 is 9.62 Å². The van der Waals surface area contributed by atoms with Gasteiger partial charge in [0, 0.05) is 0 Å². The van der Waals surface area contributed by atoms with Gasteiger partial charge in [-0.15, -0.1) is 0 Å². The van der Waals surface area contributed by atoms with Crippen molar-refractivity contribution in [2.75, 3.05) is 23.3 Å². The number of hydrogen-bond acceptors (Lipinski definition) is 5. The molecule has 0 aliphatic heterocycles. The Kier molecular flexibility index (Phi) is 7.40. The summed E-state index contributed by atoms with van der Waals surface area (Å²) >= 11 is 6.17. The van der Waals surface area contributed by atoms with Crippen LogP contribution in [-0.4, -0.2) is 33.9 Å². The van der Waals surface area contributed by atoms with Gasteiger partial charge in [0.2, 0.25) is 5.91 Å². The minimum absolute atomic E-state index is 0.0580. The molecule has 0 aliphatic carbocycles. The fourth-order valence-corrected chi connectivity index (χ4v) is 4.91. The van der Waals surface area contributed by atoms with Gasteiger partial charge in [0.05, 0.1) is 34.0 Å². The maximum Gasteiger partial charge on any atom is 0.337 e. The van der Waals surface area contributed by atoms with E-state index in [1.165, 1.54) is 37.4 Å². The van der Waals surface area contributed by atoms with Gasteiger partial charge in [0.1, 0.15) is 6.54 Å². The summed E-state index contributed by atoms with van der Waals surface area (Å²) in [5.41, 5.74) is 2.43. The van der Waals surface area contributed by atoms with Crippen molar-refractivity contribution >= 4 is 44.9 Å². The number of nitrogens with one attached hydrogen (secondary N) is 1. The predicted octanol–water partition coefficient (Wildman–Crippen LogP) is 4.58. The van der Waals surface area contributed by atoms with Crippen LogP contribution in [0, 0.1) is 13.8 Å². The maximum atomic E-state index is 13.5. The third kappa shape index (κ3) is 5.71. The molecule has 0 saturated heterocycles. The molecule has 3 rings (SSSR count). The number of methoxy groups -OCH3 is 1. The van der Waals surface area contributed by atoms with Gasteiger partial charge in [-0.05, 0) is 67.4 Å². The molecule has 0 radical (unpaired) electrons. The molecule has 0 atom stereocenters. The van der Waals surface area contributed by atoms with Crippen molar-refractivity contribution in [1.82, 2.24) is 0 Å². The van der Waals surface area contributed by atoms with E-state index < -0.39 is 28.4 Å². The quantitative estimate of drug-likeness (QED) is 0.493. The van der Waals surface area contributed by atoms with E-state index in [9.17, 15) is 18.0 Å². The number of amides is 1. The van der Waals surface area contributed by atoms with Crippen molar-refractivity contribution < 1.29 is 22.7 Å². The first-order valence-corrected chi connectivity index (χ1v) is 11.8. The number of hydrogen-bond donors (Lipinski definition) is 1. The molecule has 3 aromatic rings. The molecule has 3 aromatic carbocycles. The SMILES string of the molecule is COC(=O)c1ccc(Cl)c(NC(=O)CN(c2cc(C)cc(C)c2)S(=O)(=O)c2ccccc2)c1. The Morgan fingerprint density at radius 3 is 2.21 bits per heavy atom. The number of rotatable bonds is 7. The van der Waals surface area contributed by atoms with Gasteiger partial charge >= 0.3 is 5.97 Å². The summed E-state index contributed by atoms with van der Waals surface area (Å²) in [6.45, 7) is 3.20. The summed E-state index contributed by atoms with van der Waals surface area (Å²) in [6.07, 6.45) is 0. The van der Waals surface area contributed by atoms with Gasteiger partial charge in [0.15, 0.2) is 0 Å². The highest BCUT2D eigenvalue weighted by Gasteiger charge is 2.27. The largest absolute Gasteiger partial charge is 0.465 e. The van der Waals surface area contributed by atoms with Crippen molar-refractivity contribution in [3.8, 4) is 0 Å². The van der Waals surface area contributed by atoms with Crippen molar-refractivity contribution in [1.29, 1.82) is 0 Å². The maximum absolute atomic E-state index is 13.5. The third-order valence-electron chi connectivity index (χ3n) is 4.77. The Labute approximate surface area is 198 Å². The molecule has 0 unspecified atom stereocenters. The molecule has 33 heavy (non-hydrogen) atoms. The van der Waals surface area contributed by atoms with E-state index in [0.29, 0.717) is 5.69 Å². The van der Waals surface area contributed by atoms with E-state index in [-0.39, 0.29) is 21.2 Å². The molecule has 0 heterocycles. The van der Waals surface area contributed by atoms with E-state index >= 15 is 0 Å². The van der Waals surface area contributed by atoms with Crippen LogP contribution >= 0.6 is 11.6 Å². The molecule has 0 aromatic heterocycles. The van der Waals surface area contributed by atoms with Crippen LogP contribution in [0.15, 0.2) is 71.6 Å². The highest BCUT2D eigenvalue weighted by molar-refractivity contribution is 7.92. The highest BCUT2D eigenvalue weighted by Crippen LogP contribution is 2.27. The molecule has 0 fully saturated rings. The van der Waals surface area contributed by atoms with Crippen molar-refractivity contribution in [3.63, 3.8) is 0 Å². The minimum Gasteiger partial charge on any atom is -0.465 e. The molecular formula is C24H23ClN2O5S. The standard InChI is InChI=1S/C24H23ClN2O5S/c1-16-11-17(2)13-19(12-16)27(33(30,31)20-7-5-4-6-8-20)15-23(28)26-22-14-18(24(29)32-3)9-10-21(22)25/h4-14H,15H2,1-3H3,(H,26,28). The fraction of sp³-hybridized carbons (Fsp3) is 0.167. The molecule has 7 nitrogen and oxygen atoms in total. The summed E-state index contributed by atoms with van der Waals surface area (Å²) in [4.78, 5) is 24.8. The Morgan fingerprint density at radius 1 is 0.970 bits per heavy atom. The van der Waals surface area contributed by atoms with Crippen LogP contribution in [0.25, 0.3) is 0 Å². The number of nitrogens with zero attached hydrogens (tertiary/aromatic N) is 1. The lowest BCUT2D eigenvalue weighted by molar-refractivity contribution is -0.114. The average molecular weight is 487 g/mol. The van der Waals surface area contributed by atoms with E-state index in [0.717, 1.165) is 15.4 Å². The molecule has 0 saturated carbocycles. The number of benzene rings is 3. The Bertz CT molecular complexity index is 1270. The first-order valence-electron chi connectivity index (χ1n) is 9.95. The van der Waals surface area contributed by atoms with E-state index in [2.05, 4.69) is 5.32 Å². The summed E-state index contributed by atoms with van der Waals surface area (Å²) in [5.74, 6) is -1.22. The molecule has 1 N–H and O–H groups in total. The summed E-state index contributed by atoms with van der Waals surface area (Å²) in [7, 11) is -2.80. The summed E-state index contributed by atoms with van der Waals surface area (Å²) in [5, 5.41) is 2.79. The van der Waals surface area contributed by atoms with Gasteiger partial charge in [0.25, 0.3) is 10.0 Å². The van der Waals surface area contributed by atoms with Crippen LogP contribution in [-0.2, 0) is 19.6 Å². The number of aryl methyl sites for hydroxylation is 2. The lowest BCUT2D eigenvalue weighted by Gasteiger charge is -2.25. The zero-order valence-corrected chi connectivity index (χ0v) is 19.9. The molecule has 172 valence electrons. The molecule has 0 aliphatic rings. The van der Waals surface area contributed by atoms with Gasteiger partial charge in [-0.3, -0.25) is 9.10 Å². The number of sulfonamides is 1. The lowest BCUT2D eigenvalue weighted by atomic mass is 10.1. The first-order chi connectivity index (χ1) is 15.6. The smallest absolute Gasteiger partial charge is 0.337 e. The molecular weight excluding hydrogens is 464 g/mol. The van der Waals surface area contributed by atoms with Crippen LogP contribution in [0.2, 0.25) is 5.02 Å². The second kappa shape index (κ2) is 10.1. The number of halogens is 1. The Balaban J connectivity index is 1.97. The number of anilines is 2. The predicted molar refractivity (Wildman–Crippen MR) is 128 cm³/mol. The van der Waals surface area contributed by atoms with E-state index in [1.54, 1.807) is 30.3 Å². The van der Waals surface area contributed by atoms with Crippen molar-refractivity contribution in [2.45, 2.75) is 18.7 Å². The first kappa shape index (κ1) is 24.3. The number of ether oxygens (including phenoxy) is 1. The van der Waals surface area contributed by atoms with E-state index in [1.807, 2.05) is 19.9 Å². The normalized spacial score (nSPS) is 11.0. The average Bonchev–Trinajstić information content (AvgIpc) is 2.78. The number of carbonyl (C=O) groups excluding carboxylic acids is 2. The van der Waals surface area contributed by atoms with E-state index in [4.69, 9.17) is 16.3 Å². The van der Waals surface area contributed by atoms with Crippen LogP contribution in [0.1, 0.15) is 21.5 Å². The second-order valence-corrected chi connectivity index (χ2v) is 9.67. The molecule has 0 spiro atoms. The monoisotopic (exact) mass is 486 g/mol. The molecule has 1 amide bonds. The third-order valence-corrected chi connectivity index (χ3v) is 6.89. The highest BCUT2D eigenvalue weighted by atomic mass is 35.5. The van der Waals surface area contributed by atoms with Gasteiger partial charge in [-0.1, -0.05) is 35.9 Å². The van der Waals surface area contributed by atoms with Crippen LogP contribution in [0.3, 0.4) is 0 Å². The topological polar surface area (TPSA) is 92.8 Å². The minimum atomic E-state index is -4.05. The van der Waals surface area contributed by atoms with Gasteiger partial charge in [-0.25, -0.2) is 13.2 Å². The Morgan fingerprint density at radius 2 is 1.61 bits per heavy atom.